The lowest BCUT2D eigenvalue weighted by Gasteiger charge is -1.88. The Kier molecular flexibility index (Phi) is 1.00. The molecular weight excluding hydrogens is 130 g/mol. The molecule has 0 spiro atoms. The van der Waals surface area contributed by atoms with Gasteiger partial charge >= 0.3 is 0 Å². The summed E-state index contributed by atoms with van der Waals surface area (Å²) in [5, 5.41) is 10.7. The summed E-state index contributed by atoms with van der Waals surface area (Å²) >= 11 is 0. The molecule has 0 aromatic carbocycles. The van der Waals surface area contributed by atoms with Gasteiger partial charge in [-0.15, -0.1) is 10.2 Å². The van der Waals surface area contributed by atoms with Crippen LogP contribution in [0.4, 0.5) is 0 Å². The van der Waals surface area contributed by atoms with E-state index in [0.717, 1.165) is 12.1 Å². The van der Waals surface area contributed by atoms with Gasteiger partial charge in [0.25, 0.3) is 0 Å². The van der Waals surface area contributed by atoms with Gasteiger partial charge in [-0.3, -0.25) is 4.79 Å². The molecule has 0 unspecified atom stereocenters. The van der Waals surface area contributed by atoms with Crippen LogP contribution in [0.2, 0.25) is 0 Å². The maximum atomic E-state index is 11.0. The van der Waals surface area contributed by atoms with Crippen molar-refractivity contribution in [1.82, 2.24) is 15.4 Å². The molecular formula is C6H5N3O. The number of ketones is 1. The Morgan fingerprint density at radius 1 is 1.40 bits per heavy atom. The van der Waals surface area contributed by atoms with E-state index in [2.05, 4.69) is 15.4 Å². The second-order valence-electron chi connectivity index (χ2n) is 2.22. The lowest BCUT2D eigenvalue weighted by Crippen LogP contribution is -1.96. The fourth-order valence-corrected chi connectivity index (χ4v) is 1.08. The zero-order chi connectivity index (χ0) is 6.97. The summed E-state index contributed by atoms with van der Waals surface area (Å²) in [5.41, 5.74) is 1.44. The molecule has 4 heteroatoms. The molecule has 10 heavy (non-hydrogen) atoms. The Morgan fingerprint density at radius 3 is 3.10 bits per heavy atom. The zero-order valence-electron chi connectivity index (χ0n) is 5.24. The predicted octanol–water partition coefficient (Wildman–Crippen LogP) is 0.000500. The van der Waals surface area contributed by atoms with Gasteiger partial charge < -0.3 is 0 Å². The van der Waals surface area contributed by atoms with Crippen LogP contribution in [-0.4, -0.2) is 21.2 Å². The quantitative estimate of drug-likeness (QED) is 0.502. The van der Waals surface area contributed by atoms with E-state index in [1.54, 1.807) is 0 Å². The van der Waals surface area contributed by atoms with E-state index in [9.17, 15) is 4.79 Å². The molecule has 4 nitrogen and oxygen atoms in total. The fourth-order valence-electron chi connectivity index (χ4n) is 1.08. The van der Waals surface area contributed by atoms with Crippen LogP contribution in [0.15, 0.2) is 6.20 Å². The van der Waals surface area contributed by atoms with Crippen LogP contribution in [-0.2, 0) is 6.42 Å². The number of nitrogens with zero attached hydrogens (tertiary/aromatic N) is 3. The molecule has 1 heterocycles. The van der Waals surface area contributed by atoms with Gasteiger partial charge in [0.15, 0.2) is 5.78 Å². The van der Waals surface area contributed by atoms with E-state index in [0.29, 0.717) is 12.0 Å². The van der Waals surface area contributed by atoms with Gasteiger partial charge in [0.1, 0.15) is 0 Å². The molecule has 0 saturated heterocycles. The number of hydrogen-bond acceptors (Lipinski definition) is 4. The predicted molar refractivity (Wildman–Crippen MR) is 32.5 cm³/mol. The molecule has 1 aliphatic rings. The number of hydrogen-bond donors (Lipinski definition) is 0. The lowest BCUT2D eigenvalue weighted by molar-refractivity contribution is 0.0994. The van der Waals surface area contributed by atoms with Crippen molar-refractivity contribution in [1.29, 1.82) is 0 Å². The highest BCUT2D eigenvalue weighted by Gasteiger charge is 2.20. The summed E-state index contributed by atoms with van der Waals surface area (Å²) in [6.45, 7) is 0. The first-order valence-corrected chi connectivity index (χ1v) is 3.08. The van der Waals surface area contributed by atoms with Crippen molar-refractivity contribution >= 4 is 5.78 Å². The van der Waals surface area contributed by atoms with Crippen molar-refractivity contribution in [2.45, 2.75) is 12.8 Å². The van der Waals surface area contributed by atoms with Crippen LogP contribution >= 0.6 is 0 Å². The Hall–Kier alpha value is -1.32. The van der Waals surface area contributed by atoms with Gasteiger partial charge in [-0.25, -0.2) is 0 Å². The third-order valence-electron chi connectivity index (χ3n) is 1.60. The fraction of sp³-hybridized carbons (Fsp3) is 0.333. The number of rotatable bonds is 0. The van der Waals surface area contributed by atoms with Crippen molar-refractivity contribution in [3.05, 3.63) is 17.5 Å². The van der Waals surface area contributed by atoms with Crippen LogP contribution in [0.3, 0.4) is 0 Å². The monoisotopic (exact) mass is 135 g/mol. The maximum Gasteiger partial charge on any atom is 0.166 e. The molecule has 1 aromatic rings. The van der Waals surface area contributed by atoms with Crippen molar-refractivity contribution in [2.75, 3.05) is 0 Å². The summed E-state index contributed by atoms with van der Waals surface area (Å²) in [5.74, 6) is 0.136. The lowest BCUT2D eigenvalue weighted by atomic mass is 10.3. The van der Waals surface area contributed by atoms with Crippen molar-refractivity contribution in [3.8, 4) is 0 Å². The molecule has 0 fully saturated rings. The second-order valence-corrected chi connectivity index (χ2v) is 2.22. The van der Waals surface area contributed by atoms with Gasteiger partial charge in [0.05, 0.1) is 17.5 Å². The van der Waals surface area contributed by atoms with Crippen LogP contribution in [0.1, 0.15) is 22.5 Å². The number of carbonyl (C=O) groups is 1. The molecule has 1 aromatic heterocycles. The largest absolute Gasteiger partial charge is 0.294 e. The number of aromatic nitrogens is 3. The Balaban J connectivity index is 2.61. The SMILES string of the molecule is O=C1CCc2nnncc21. The van der Waals surface area contributed by atoms with E-state index >= 15 is 0 Å². The van der Waals surface area contributed by atoms with Crippen molar-refractivity contribution < 1.29 is 4.79 Å². The van der Waals surface area contributed by atoms with Crippen LogP contribution in [0.25, 0.3) is 0 Å². The number of fused-ring (bicyclic) bond motifs is 1. The third-order valence-corrected chi connectivity index (χ3v) is 1.60. The van der Waals surface area contributed by atoms with E-state index in [1.165, 1.54) is 6.20 Å². The first-order valence-electron chi connectivity index (χ1n) is 3.08. The van der Waals surface area contributed by atoms with E-state index in [4.69, 9.17) is 0 Å². The summed E-state index contributed by atoms with van der Waals surface area (Å²) < 4.78 is 0. The highest BCUT2D eigenvalue weighted by molar-refractivity contribution is 5.99. The topological polar surface area (TPSA) is 55.7 Å². The summed E-state index contributed by atoms with van der Waals surface area (Å²) in [4.78, 5) is 11.0. The van der Waals surface area contributed by atoms with Crippen molar-refractivity contribution in [2.24, 2.45) is 0 Å². The number of carbonyl (C=O) groups excluding carboxylic acids is 1. The average Bonchev–Trinajstić information content (AvgIpc) is 2.34. The molecule has 0 saturated carbocycles. The van der Waals surface area contributed by atoms with Crippen LogP contribution in [0.5, 0.6) is 0 Å². The van der Waals surface area contributed by atoms with Gasteiger partial charge in [0, 0.05) is 6.42 Å². The summed E-state index contributed by atoms with van der Waals surface area (Å²) in [6, 6.07) is 0. The van der Waals surface area contributed by atoms with Crippen LogP contribution in [0, 0.1) is 0 Å². The number of aryl methyl sites for hydroxylation is 1. The average molecular weight is 135 g/mol. The molecule has 0 atom stereocenters. The first-order chi connectivity index (χ1) is 4.88. The van der Waals surface area contributed by atoms with Crippen molar-refractivity contribution in [3.63, 3.8) is 0 Å². The van der Waals surface area contributed by atoms with E-state index in [1.807, 2.05) is 0 Å². The molecule has 0 aliphatic heterocycles. The Bertz CT molecular complexity index is 284. The summed E-state index contributed by atoms with van der Waals surface area (Å²) in [7, 11) is 0. The molecule has 1 aliphatic carbocycles. The molecule has 0 radical (unpaired) electrons. The van der Waals surface area contributed by atoms with Gasteiger partial charge in [-0.2, -0.15) is 0 Å². The standard InChI is InChI=1S/C6H5N3O/c10-6-2-1-5-4(6)3-7-9-8-5/h3H,1-2H2. The Labute approximate surface area is 57.3 Å². The first kappa shape index (κ1) is 5.46. The van der Waals surface area contributed by atoms with Gasteiger partial charge in [0.2, 0.25) is 0 Å². The molecule has 0 bridgehead atoms. The van der Waals surface area contributed by atoms with Crippen LogP contribution < -0.4 is 0 Å². The highest BCUT2D eigenvalue weighted by atomic mass is 16.1. The minimum atomic E-state index is 0.136. The maximum absolute atomic E-state index is 11.0. The van der Waals surface area contributed by atoms with Gasteiger partial charge in [-0.05, 0) is 11.6 Å². The Morgan fingerprint density at radius 2 is 2.30 bits per heavy atom. The van der Waals surface area contributed by atoms with E-state index < -0.39 is 0 Å². The minimum absolute atomic E-state index is 0.136. The molecule has 2 rings (SSSR count). The zero-order valence-corrected chi connectivity index (χ0v) is 5.24. The normalized spacial score (nSPS) is 15.4. The van der Waals surface area contributed by atoms with Gasteiger partial charge in [-0.1, -0.05) is 0 Å². The number of Topliss-reactive ketones (excluding diaryl/α,β-unsaturated/α-hetero) is 1. The highest BCUT2D eigenvalue weighted by Crippen LogP contribution is 2.16. The summed E-state index contributed by atoms with van der Waals surface area (Å²) in [6.07, 6.45) is 2.77. The van der Waals surface area contributed by atoms with E-state index in [-0.39, 0.29) is 5.78 Å². The second kappa shape index (κ2) is 1.83. The minimum Gasteiger partial charge on any atom is -0.294 e. The molecule has 50 valence electrons. The molecule has 0 N–H and O–H groups in total. The molecule has 0 amide bonds. The smallest absolute Gasteiger partial charge is 0.166 e. The third kappa shape index (κ3) is 0.618.